The summed E-state index contributed by atoms with van der Waals surface area (Å²) in [5.74, 6) is 2.26. The molecular weight excluding hydrogens is 352 g/mol. The summed E-state index contributed by atoms with van der Waals surface area (Å²) in [6, 6.07) is 8.86. The average molecular weight is 383 g/mol. The SMILES string of the molecule is CC1CCC2(C)C(C)C(=O)CCC2C1(C)COc1ccc2ccc(=O)oc2c1. The Morgan fingerprint density at radius 1 is 1.11 bits per heavy atom. The molecule has 0 saturated heterocycles. The molecule has 150 valence electrons. The van der Waals surface area contributed by atoms with Crippen molar-refractivity contribution in [2.24, 2.45) is 28.6 Å². The van der Waals surface area contributed by atoms with Crippen LogP contribution in [0.25, 0.3) is 11.0 Å². The van der Waals surface area contributed by atoms with E-state index in [9.17, 15) is 9.59 Å². The first-order valence-electron chi connectivity index (χ1n) is 10.4. The summed E-state index contributed by atoms with van der Waals surface area (Å²) in [5.41, 5.74) is 0.257. The van der Waals surface area contributed by atoms with E-state index in [1.165, 1.54) is 6.07 Å². The molecule has 5 unspecified atom stereocenters. The van der Waals surface area contributed by atoms with Crippen LogP contribution in [0.15, 0.2) is 39.5 Å². The molecule has 28 heavy (non-hydrogen) atoms. The van der Waals surface area contributed by atoms with Crippen molar-refractivity contribution >= 4 is 16.8 Å². The number of hydrogen-bond donors (Lipinski definition) is 0. The fourth-order valence-electron chi connectivity index (χ4n) is 5.79. The van der Waals surface area contributed by atoms with Gasteiger partial charge in [0.15, 0.2) is 0 Å². The Labute approximate surface area is 166 Å². The van der Waals surface area contributed by atoms with Gasteiger partial charge in [0, 0.05) is 35.3 Å². The van der Waals surface area contributed by atoms with Crippen LogP contribution >= 0.6 is 0 Å². The molecule has 2 fully saturated rings. The zero-order valence-corrected chi connectivity index (χ0v) is 17.3. The van der Waals surface area contributed by atoms with Crippen LogP contribution in [-0.4, -0.2) is 12.4 Å². The third-order valence-electron chi connectivity index (χ3n) is 8.13. The molecule has 0 aliphatic heterocycles. The molecule has 0 amide bonds. The van der Waals surface area contributed by atoms with Gasteiger partial charge in [-0.25, -0.2) is 4.79 Å². The highest BCUT2D eigenvalue weighted by Crippen LogP contribution is 2.61. The molecular formula is C24H30O4. The van der Waals surface area contributed by atoms with Crippen LogP contribution in [-0.2, 0) is 4.79 Å². The fraction of sp³-hybridized carbons (Fsp3) is 0.583. The Hall–Kier alpha value is -2.10. The van der Waals surface area contributed by atoms with E-state index in [0.29, 0.717) is 36.2 Å². The van der Waals surface area contributed by atoms with Crippen LogP contribution in [0.5, 0.6) is 5.75 Å². The molecule has 0 spiro atoms. The second-order valence-electron chi connectivity index (χ2n) is 9.47. The van der Waals surface area contributed by atoms with Crippen LogP contribution in [0.2, 0.25) is 0 Å². The van der Waals surface area contributed by atoms with E-state index in [0.717, 1.165) is 30.4 Å². The third-order valence-corrected chi connectivity index (χ3v) is 8.13. The van der Waals surface area contributed by atoms with E-state index in [-0.39, 0.29) is 22.4 Å². The molecule has 1 aromatic heterocycles. The maximum atomic E-state index is 12.4. The zero-order chi connectivity index (χ0) is 20.1. The number of benzene rings is 1. The van der Waals surface area contributed by atoms with Gasteiger partial charge in [0.25, 0.3) is 0 Å². The number of carbonyl (C=O) groups excluding carboxylic acids is 1. The molecule has 4 heteroatoms. The summed E-state index contributed by atoms with van der Waals surface area (Å²) >= 11 is 0. The lowest BCUT2D eigenvalue weighted by atomic mass is 9.45. The zero-order valence-electron chi connectivity index (χ0n) is 17.3. The van der Waals surface area contributed by atoms with Gasteiger partial charge in [-0.05, 0) is 54.7 Å². The topological polar surface area (TPSA) is 56.5 Å². The Morgan fingerprint density at radius 2 is 1.86 bits per heavy atom. The standard InChI is InChI=1S/C24H30O4/c1-15-11-12-23(3)16(2)19(25)8-9-21(23)24(15,4)14-27-18-7-5-17-6-10-22(26)28-20(17)13-18/h5-7,10,13,15-16,21H,8-9,11-12,14H2,1-4H3. The minimum absolute atomic E-state index is 0.00838. The van der Waals surface area contributed by atoms with E-state index in [2.05, 4.69) is 27.7 Å². The molecule has 2 aromatic rings. The molecule has 4 nitrogen and oxygen atoms in total. The van der Waals surface area contributed by atoms with E-state index in [1.54, 1.807) is 12.1 Å². The summed E-state index contributed by atoms with van der Waals surface area (Å²) in [5, 5.41) is 0.886. The number of ether oxygens (including phenoxy) is 1. The van der Waals surface area contributed by atoms with Crippen molar-refractivity contribution in [3.63, 3.8) is 0 Å². The van der Waals surface area contributed by atoms with Gasteiger partial charge in [-0.15, -0.1) is 0 Å². The monoisotopic (exact) mass is 382 g/mol. The molecule has 4 rings (SSSR count). The highest BCUT2D eigenvalue weighted by atomic mass is 16.5. The smallest absolute Gasteiger partial charge is 0.336 e. The Bertz CT molecular complexity index is 960. The summed E-state index contributed by atoms with van der Waals surface area (Å²) < 4.78 is 11.6. The predicted octanol–water partition coefficient (Wildman–Crippen LogP) is 5.23. The van der Waals surface area contributed by atoms with E-state index >= 15 is 0 Å². The lowest BCUT2D eigenvalue weighted by molar-refractivity contribution is -0.151. The van der Waals surface area contributed by atoms with Crippen molar-refractivity contribution in [3.05, 3.63) is 40.8 Å². The van der Waals surface area contributed by atoms with Gasteiger partial charge in [-0.3, -0.25) is 4.79 Å². The van der Waals surface area contributed by atoms with E-state index in [4.69, 9.17) is 9.15 Å². The lowest BCUT2D eigenvalue weighted by Crippen LogP contribution is -2.56. The van der Waals surface area contributed by atoms with Gasteiger partial charge in [0.1, 0.15) is 17.1 Å². The minimum atomic E-state index is -0.353. The maximum absolute atomic E-state index is 12.4. The molecule has 2 saturated carbocycles. The van der Waals surface area contributed by atoms with Crippen molar-refractivity contribution in [3.8, 4) is 5.75 Å². The molecule has 1 aromatic carbocycles. The van der Waals surface area contributed by atoms with Gasteiger partial charge in [-0.2, -0.15) is 0 Å². The minimum Gasteiger partial charge on any atom is -0.493 e. The Balaban J connectivity index is 1.60. The van der Waals surface area contributed by atoms with Crippen LogP contribution in [0.3, 0.4) is 0 Å². The lowest BCUT2D eigenvalue weighted by Gasteiger charge is -2.59. The highest BCUT2D eigenvalue weighted by Gasteiger charge is 2.57. The van der Waals surface area contributed by atoms with Crippen LogP contribution in [0.1, 0.15) is 53.4 Å². The van der Waals surface area contributed by atoms with Gasteiger partial charge in [-0.1, -0.05) is 27.7 Å². The molecule has 2 aliphatic rings. The van der Waals surface area contributed by atoms with Crippen LogP contribution in [0.4, 0.5) is 0 Å². The fourth-order valence-corrected chi connectivity index (χ4v) is 5.79. The maximum Gasteiger partial charge on any atom is 0.336 e. The molecule has 2 aliphatic carbocycles. The Kier molecular flexibility index (Phi) is 4.64. The Morgan fingerprint density at radius 3 is 2.64 bits per heavy atom. The first-order valence-corrected chi connectivity index (χ1v) is 10.4. The summed E-state index contributed by atoms with van der Waals surface area (Å²) in [6.45, 7) is 9.70. The predicted molar refractivity (Wildman–Crippen MR) is 109 cm³/mol. The number of ketones is 1. The quantitative estimate of drug-likeness (QED) is 0.682. The molecule has 1 heterocycles. The van der Waals surface area contributed by atoms with Crippen molar-refractivity contribution in [2.45, 2.75) is 53.4 Å². The van der Waals surface area contributed by atoms with E-state index < -0.39 is 0 Å². The second-order valence-corrected chi connectivity index (χ2v) is 9.47. The average Bonchev–Trinajstić information content (AvgIpc) is 2.67. The van der Waals surface area contributed by atoms with Gasteiger partial charge in [0.05, 0.1) is 6.61 Å². The van der Waals surface area contributed by atoms with E-state index in [1.807, 2.05) is 12.1 Å². The highest BCUT2D eigenvalue weighted by molar-refractivity contribution is 5.82. The first-order chi connectivity index (χ1) is 13.2. The largest absolute Gasteiger partial charge is 0.493 e. The third kappa shape index (κ3) is 2.98. The summed E-state index contributed by atoms with van der Waals surface area (Å²) in [7, 11) is 0. The van der Waals surface area contributed by atoms with Crippen molar-refractivity contribution in [2.75, 3.05) is 6.61 Å². The van der Waals surface area contributed by atoms with Crippen LogP contribution < -0.4 is 10.4 Å². The summed E-state index contributed by atoms with van der Waals surface area (Å²) in [4.78, 5) is 23.9. The normalized spacial score (nSPS) is 35.6. The number of fused-ring (bicyclic) bond motifs is 2. The molecule has 5 atom stereocenters. The number of Topliss-reactive ketones (excluding diaryl/α,β-unsaturated/α-hetero) is 1. The number of hydrogen-bond acceptors (Lipinski definition) is 4. The molecule has 0 bridgehead atoms. The first kappa shape index (κ1) is 19.2. The molecule has 0 N–H and O–H groups in total. The number of rotatable bonds is 3. The van der Waals surface area contributed by atoms with Crippen LogP contribution in [0, 0.1) is 28.6 Å². The number of carbonyl (C=O) groups is 1. The van der Waals surface area contributed by atoms with Gasteiger partial charge < -0.3 is 9.15 Å². The summed E-state index contributed by atoms with van der Waals surface area (Å²) in [6.07, 6.45) is 3.88. The van der Waals surface area contributed by atoms with Gasteiger partial charge >= 0.3 is 5.63 Å². The van der Waals surface area contributed by atoms with Gasteiger partial charge in [0.2, 0.25) is 0 Å². The second kappa shape index (κ2) is 6.75. The van der Waals surface area contributed by atoms with Crippen molar-refractivity contribution in [1.82, 2.24) is 0 Å². The van der Waals surface area contributed by atoms with Crippen molar-refractivity contribution in [1.29, 1.82) is 0 Å². The van der Waals surface area contributed by atoms with Crippen molar-refractivity contribution < 1.29 is 13.9 Å². The molecule has 0 radical (unpaired) electrons.